The average Bonchev–Trinajstić information content (AvgIpc) is 2.31. The molecule has 0 heterocycles. The van der Waals surface area contributed by atoms with Crippen LogP contribution in [0.4, 0.5) is 0 Å². The van der Waals surface area contributed by atoms with Gasteiger partial charge in [-0.15, -0.1) is 0 Å². The number of phenols is 1. The first-order chi connectivity index (χ1) is 8.45. The largest absolute Gasteiger partial charge is 0.508 e. The highest BCUT2D eigenvalue weighted by atomic mass is 16.4. The van der Waals surface area contributed by atoms with Gasteiger partial charge >= 0.3 is 5.97 Å². The molecule has 0 radical (unpaired) electrons. The number of aryl methyl sites for hydroxylation is 1. The number of hydrogen-bond donors (Lipinski definition) is 4. The van der Waals surface area contributed by atoms with Gasteiger partial charge in [0.15, 0.2) is 0 Å². The van der Waals surface area contributed by atoms with Gasteiger partial charge in [-0.3, -0.25) is 4.79 Å². The van der Waals surface area contributed by atoms with Crippen molar-refractivity contribution in [3.8, 4) is 5.75 Å². The number of aliphatic carboxylic acids is 1. The summed E-state index contributed by atoms with van der Waals surface area (Å²) in [5.74, 6) is -1.69. The Bertz CT molecular complexity index is 458. The Morgan fingerprint density at radius 1 is 1.39 bits per heavy atom. The van der Waals surface area contributed by atoms with E-state index in [2.05, 4.69) is 5.32 Å². The predicted molar refractivity (Wildman–Crippen MR) is 63.4 cm³/mol. The number of benzene rings is 1. The van der Waals surface area contributed by atoms with Crippen molar-refractivity contribution in [1.29, 1.82) is 0 Å². The maximum atomic E-state index is 11.8. The molecule has 1 amide bonds. The Morgan fingerprint density at radius 3 is 2.56 bits per heavy atom. The van der Waals surface area contributed by atoms with Crippen molar-refractivity contribution < 1.29 is 24.9 Å². The number of carbonyl (C=O) groups is 2. The molecule has 0 spiro atoms. The summed E-state index contributed by atoms with van der Waals surface area (Å²) in [6, 6.07) is 3.10. The zero-order valence-electron chi connectivity index (χ0n) is 9.88. The van der Waals surface area contributed by atoms with Crippen molar-refractivity contribution in [3.05, 3.63) is 29.3 Å². The minimum Gasteiger partial charge on any atom is -0.508 e. The summed E-state index contributed by atoms with van der Waals surface area (Å²) in [5, 5.41) is 29.2. The van der Waals surface area contributed by atoms with Crippen LogP contribution in [0.2, 0.25) is 0 Å². The fourth-order valence-electron chi connectivity index (χ4n) is 1.42. The molecule has 1 atom stereocenters. The van der Waals surface area contributed by atoms with E-state index in [1.54, 1.807) is 6.92 Å². The molecule has 98 valence electrons. The summed E-state index contributed by atoms with van der Waals surface area (Å²) >= 11 is 0. The second kappa shape index (κ2) is 6.02. The molecule has 0 saturated heterocycles. The van der Waals surface area contributed by atoms with Gasteiger partial charge in [-0.25, -0.2) is 4.79 Å². The number of aliphatic hydroxyl groups is 1. The monoisotopic (exact) mass is 253 g/mol. The molecule has 1 unspecified atom stereocenters. The smallest absolute Gasteiger partial charge is 0.326 e. The number of carbonyl (C=O) groups excluding carboxylic acids is 1. The Balaban J connectivity index is 2.80. The second-order valence-electron chi connectivity index (χ2n) is 3.88. The number of carboxylic acid groups (broad SMARTS) is 1. The summed E-state index contributed by atoms with van der Waals surface area (Å²) in [5.41, 5.74) is 0.783. The minimum absolute atomic E-state index is 0.0574. The molecule has 6 nitrogen and oxygen atoms in total. The lowest BCUT2D eigenvalue weighted by Gasteiger charge is -2.13. The zero-order valence-corrected chi connectivity index (χ0v) is 9.88. The van der Waals surface area contributed by atoms with Crippen molar-refractivity contribution in [2.24, 2.45) is 0 Å². The van der Waals surface area contributed by atoms with Crippen LogP contribution in [-0.2, 0) is 4.79 Å². The van der Waals surface area contributed by atoms with Crippen molar-refractivity contribution in [3.63, 3.8) is 0 Å². The van der Waals surface area contributed by atoms with Crippen molar-refractivity contribution in [2.75, 3.05) is 6.61 Å². The number of amides is 1. The number of hydrogen-bond acceptors (Lipinski definition) is 4. The SMILES string of the molecule is Cc1cc(C(=O)NC(CCO)C(=O)O)ccc1O. The Hall–Kier alpha value is -2.08. The molecule has 1 aromatic carbocycles. The zero-order chi connectivity index (χ0) is 13.7. The van der Waals surface area contributed by atoms with Crippen molar-refractivity contribution in [1.82, 2.24) is 5.32 Å². The van der Waals surface area contributed by atoms with Gasteiger partial charge in [-0.2, -0.15) is 0 Å². The van der Waals surface area contributed by atoms with Gasteiger partial charge in [0.1, 0.15) is 11.8 Å². The van der Waals surface area contributed by atoms with E-state index in [4.69, 9.17) is 10.2 Å². The highest BCUT2D eigenvalue weighted by molar-refractivity contribution is 5.96. The average molecular weight is 253 g/mol. The van der Waals surface area contributed by atoms with E-state index in [-0.39, 0.29) is 24.3 Å². The number of nitrogens with one attached hydrogen (secondary N) is 1. The van der Waals surface area contributed by atoms with Crippen LogP contribution < -0.4 is 5.32 Å². The fourth-order valence-corrected chi connectivity index (χ4v) is 1.42. The summed E-state index contributed by atoms with van der Waals surface area (Å²) < 4.78 is 0. The van der Waals surface area contributed by atoms with E-state index in [1.807, 2.05) is 0 Å². The van der Waals surface area contributed by atoms with Gasteiger partial charge in [0.25, 0.3) is 5.91 Å². The highest BCUT2D eigenvalue weighted by Gasteiger charge is 2.20. The van der Waals surface area contributed by atoms with Gasteiger partial charge in [0.05, 0.1) is 0 Å². The van der Waals surface area contributed by atoms with E-state index in [0.29, 0.717) is 5.56 Å². The number of carboxylic acids is 1. The lowest BCUT2D eigenvalue weighted by molar-refractivity contribution is -0.139. The van der Waals surface area contributed by atoms with Gasteiger partial charge < -0.3 is 20.6 Å². The molecule has 1 aromatic rings. The molecule has 0 aromatic heterocycles. The summed E-state index contributed by atoms with van der Waals surface area (Å²) in [7, 11) is 0. The highest BCUT2D eigenvalue weighted by Crippen LogP contribution is 2.16. The van der Waals surface area contributed by atoms with E-state index in [9.17, 15) is 14.7 Å². The fraction of sp³-hybridized carbons (Fsp3) is 0.333. The first-order valence-corrected chi connectivity index (χ1v) is 5.40. The van der Waals surface area contributed by atoms with Gasteiger partial charge in [0, 0.05) is 18.6 Å². The third-order valence-corrected chi connectivity index (χ3v) is 2.48. The molecule has 1 rings (SSSR count). The molecule has 0 saturated carbocycles. The Labute approximate surface area is 104 Å². The second-order valence-corrected chi connectivity index (χ2v) is 3.88. The maximum absolute atomic E-state index is 11.8. The Morgan fingerprint density at radius 2 is 2.06 bits per heavy atom. The van der Waals surface area contributed by atoms with Crippen molar-refractivity contribution in [2.45, 2.75) is 19.4 Å². The maximum Gasteiger partial charge on any atom is 0.326 e. The third-order valence-electron chi connectivity index (χ3n) is 2.48. The molecule has 0 aliphatic carbocycles. The molecule has 0 bridgehead atoms. The van der Waals surface area contributed by atoms with Crippen LogP contribution in [-0.4, -0.2) is 39.8 Å². The predicted octanol–water partition coefficient (Wildman–Crippen LogP) is 0.266. The minimum atomic E-state index is -1.20. The molecule has 0 aliphatic rings. The van der Waals surface area contributed by atoms with E-state index >= 15 is 0 Å². The standard InChI is InChI=1S/C12H15NO5/c1-7-6-8(2-3-10(7)15)11(16)13-9(4-5-14)12(17)18/h2-3,6,9,14-15H,4-5H2,1H3,(H,13,16)(H,17,18). The van der Waals surface area contributed by atoms with Crippen LogP contribution in [0.5, 0.6) is 5.75 Å². The molecular formula is C12H15NO5. The van der Waals surface area contributed by atoms with Crippen LogP contribution >= 0.6 is 0 Å². The number of rotatable bonds is 5. The molecule has 4 N–H and O–H groups in total. The van der Waals surface area contributed by atoms with Crippen LogP contribution in [0, 0.1) is 6.92 Å². The normalized spacial score (nSPS) is 11.9. The molecule has 18 heavy (non-hydrogen) atoms. The quantitative estimate of drug-likeness (QED) is 0.602. The van der Waals surface area contributed by atoms with Crippen LogP contribution in [0.15, 0.2) is 18.2 Å². The third kappa shape index (κ3) is 3.46. The van der Waals surface area contributed by atoms with E-state index in [0.717, 1.165) is 0 Å². The molecule has 0 aliphatic heterocycles. The summed E-state index contributed by atoms with van der Waals surface area (Å²) in [6.07, 6.45) is -0.0574. The molecule has 6 heteroatoms. The number of phenolic OH excluding ortho intramolecular Hbond substituents is 1. The van der Waals surface area contributed by atoms with Gasteiger partial charge in [-0.05, 0) is 30.7 Å². The lowest BCUT2D eigenvalue weighted by atomic mass is 10.1. The number of aliphatic hydroxyl groups excluding tert-OH is 1. The van der Waals surface area contributed by atoms with Gasteiger partial charge in [0.2, 0.25) is 0 Å². The van der Waals surface area contributed by atoms with E-state index in [1.165, 1.54) is 18.2 Å². The summed E-state index contributed by atoms with van der Waals surface area (Å²) in [4.78, 5) is 22.6. The van der Waals surface area contributed by atoms with E-state index < -0.39 is 17.9 Å². The van der Waals surface area contributed by atoms with Crippen LogP contribution in [0.25, 0.3) is 0 Å². The van der Waals surface area contributed by atoms with Gasteiger partial charge in [-0.1, -0.05) is 0 Å². The first kappa shape index (κ1) is 14.0. The van der Waals surface area contributed by atoms with Crippen molar-refractivity contribution >= 4 is 11.9 Å². The lowest BCUT2D eigenvalue weighted by Crippen LogP contribution is -2.41. The number of aromatic hydroxyl groups is 1. The topological polar surface area (TPSA) is 107 Å². The molecular weight excluding hydrogens is 238 g/mol. The first-order valence-electron chi connectivity index (χ1n) is 5.40. The van der Waals surface area contributed by atoms with Crippen LogP contribution in [0.3, 0.4) is 0 Å². The molecule has 0 fully saturated rings. The Kier molecular flexibility index (Phi) is 4.67. The van der Waals surface area contributed by atoms with Crippen LogP contribution in [0.1, 0.15) is 22.3 Å². The summed E-state index contributed by atoms with van der Waals surface area (Å²) in [6.45, 7) is 1.31.